The zero-order valence-electron chi connectivity index (χ0n) is 21.4. The number of hydrogen-bond acceptors (Lipinski definition) is 2. The van der Waals surface area contributed by atoms with E-state index in [-0.39, 0.29) is 10.8 Å². The minimum atomic E-state index is 0.214. The van der Waals surface area contributed by atoms with Gasteiger partial charge in [-0.15, -0.1) is 0 Å². The third-order valence-corrected chi connectivity index (χ3v) is 9.82. The first-order valence-corrected chi connectivity index (χ1v) is 15.6. The highest BCUT2D eigenvalue weighted by Gasteiger charge is 2.41. The Morgan fingerprint density at radius 2 is 1.08 bits per heavy atom. The van der Waals surface area contributed by atoms with E-state index in [2.05, 4.69) is 117 Å². The smallest absolute Gasteiger partial charge is 0.0477 e. The van der Waals surface area contributed by atoms with Gasteiger partial charge in [0.2, 0.25) is 0 Å². The second-order valence-electron chi connectivity index (χ2n) is 10.9. The van der Waals surface area contributed by atoms with Crippen LogP contribution in [0.4, 0.5) is 0 Å². The van der Waals surface area contributed by atoms with Crippen LogP contribution in [0.3, 0.4) is 0 Å². The Hall–Kier alpha value is -0.720. The highest BCUT2D eigenvalue weighted by molar-refractivity contribution is 9.10. The number of fused-ring (bicyclic) bond motifs is 4. The quantitative estimate of drug-likeness (QED) is 0.295. The monoisotopic (exact) mass is 676 g/mol. The average Bonchev–Trinajstić information content (AvgIpc) is 3.33. The van der Waals surface area contributed by atoms with Gasteiger partial charge in [0.05, 0.1) is 0 Å². The van der Waals surface area contributed by atoms with Crippen LogP contribution < -0.4 is 0 Å². The molecule has 1 atom stereocenters. The standard InChI is InChI=1S/C16H19BrO.C15H16Br2O/c1-11(2)14-10-16(5-7-18-8-6-16)15-4-3-12(17)9-13(14)15;1-10(16)13-9-15(4-6-18-7-5-15)14-3-2-11(17)8-12(13)14/h3-4,9-11H,5-8H2,1-2H3;2-3,8-10H,4-7H2,1H3. The molecule has 0 bridgehead atoms. The van der Waals surface area contributed by atoms with Gasteiger partial charge in [0, 0.05) is 51.0 Å². The molecule has 1 unspecified atom stereocenters. The summed E-state index contributed by atoms with van der Waals surface area (Å²) in [7, 11) is 0. The molecule has 4 aliphatic rings. The van der Waals surface area contributed by atoms with Crippen molar-refractivity contribution in [2.24, 2.45) is 5.92 Å². The molecule has 2 aromatic carbocycles. The molecule has 192 valence electrons. The maximum Gasteiger partial charge on any atom is 0.0477 e. The number of alkyl halides is 1. The van der Waals surface area contributed by atoms with E-state index in [1.54, 1.807) is 0 Å². The predicted molar refractivity (Wildman–Crippen MR) is 161 cm³/mol. The first-order chi connectivity index (χ1) is 17.2. The fourth-order valence-electron chi connectivity index (χ4n) is 6.39. The summed E-state index contributed by atoms with van der Waals surface area (Å²) in [5.74, 6) is 0.584. The van der Waals surface area contributed by atoms with E-state index in [0.29, 0.717) is 10.7 Å². The molecule has 2 nitrogen and oxygen atoms in total. The van der Waals surface area contributed by atoms with E-state index in [1.165, 1.54) is 37.9 Å². The maximum absolute atomic E-state index is 5.55. The highest BCUT2D eigenvalue weighted by Crippen LogP contribution is 2.50. The minimum Gasteiger partial charge on any atom is -0.381 e. The second-order valence-corrected chi connectivity index (χ2v) is 14.1. The van der Waals surface area contributed by atoms with Crippen molar-refractivity contribution in [3.05, 3.63) is 79.7 Å². The molecule has 2 saturated heterocycles. The Balaban J connectivity index is 0.000000148. The van der Waals surface area contributed by atoms with Gasteiger partial charge >= 0.3 is 0 Å². The van der Waals surface area contributed by atoms with Crippen molar-refractivity contribution < 1.29 is 9.47 Å². The van der Waals surface area contributed by atoms with Crippen LogP contribution in [-0.4, -0.2) is 31.3 Å². The molecule has 2 aliphatic carbocycles. The van der Waals surface area contributed by atoms with E-state index in [9.17, 15) is 0 Å². The summed E-state index contributed by atoms with van der Waals surface area (Å²) in [6.45, 7) is 10.3. The summed E-state index contributed by atoms with van der Waals surface area (Å²) in [5.41, 5.74) is 9.23. The van der Waals surface area contributed by atoms with Crippen LogP contribution in [0.25, 0.3) is 11.1 Å². The van der Waals surface area contributed by atoms with Crippen LogP contribution >= 0.6 is 47.8 Å². The van der Waals surface area contributed by atoms with E-state index >= 15 is 0 Å². The molecule has 6 rings (SSSR count). The molecule has 2 aliphatic heterocycles. The summed E-state index contributed by atoms with van der Waals surface area (Å²) in [5, 5.41) is 0. The van der Waals surface area contributed by atoms with Gasteiger partial charge in [0.15, 0.2) is 0 Å². The van der Waals surface area contributed by atoms with Crippen LogP contribution in [0, 0.1) is 5.92 Å². The summed E-state index contributed by atoms with van der Waals surface area (Å²) in [4.78, 5) is 0.396. The lowest BCUT2D eigenvalue weighted by molar-refractivity contribution is 0.0661. The van der Waals surface area contributed by atoms with Crippen molar-refractivity contribution in [3.63, 3.8) is 0 Å². The Morgan fingerprint density at radius 1 is 0.667 bits per heavy atom. The average molecular weight is 679 g/mol. The van der Waals surface area contributed by atoms with Crippen LogP contribution in [0.1, 0.15) is 68.7 Å². The number of benzene rings is 2. The SMILES string of the molecule is CC(Br)C1=CC2(CCOCC2)c2ccc(Br)cc21.CC(C)C1=CC2(CCOCC2)c2ccc(Br)cc21. The normalized spacial score (nSPS) is 22.0. The minimum absolute atomic E-state index is 0.214. The molecule has 5 heteroatoms. The lowest BCUT2D eigenvalue weighted by Gasteiger charge is -2.33. The van der Waals surface area contributed by atoms with E-state index in [0.717, 1.165) is 56.6 Å². The number of hydrogen-bond donors (Lipinski definition) is 0. The van der Waals surface area contributed by atoms with Gasteiger partial charge < -0.3 is 9.47 Å². The zero-order valence-corrected chi connectivity index (χ0v) is 26.1. The van der Waals surface area contributed by atoms with E-state index < -0.39 is 0 Å². The van der Waals surface area contributed by atoms with Crippen LogP contribution in [-0.2, 0) is 20.3 Å². The lowest BCUT2D eigenvalue weighted by atomic mass is 9.76. The van der Waals surface area contributed by atoms with E-state index in [1.807, 2.05) is 0 Å². The molecule has 2 aromatic rings. The Morgan fingerprint density at radius 3 is 1.50 bits per heavy atom. The molecule has 0 aromatic heterocycles. The third kappa shape index (κ3) is 5.00. The first-order valence-electron chi connectivity index (χ1n) is 13.1. The summed E-state index contributed by atoms with van der Waals surface area (Å²) >= 11 is 10.9. The zero-order chi connectivity index (χ0) is 25.5. The van der Waals surface area contributed by atoms with Crippen molar-refractivity contribution >= 4 is 58.9 Å². The molecular formula is C31H35Br3O2. The third-order valence-electron chi connectivity index (χ3n) is 8.34. The Labute approximate surface area is 241 Å². The van der Waals surface area contributed by atoms with Gasteiger partial charge in [-0.1, -0.05) is 85.9 Å². The van der Waals surface area contributed by atoms with Crippen molar-refractivity contribution in [3.8, 4) is 0 Å². The molecule has 2 heterocycles. The first kappa shape index (κ1) is 26.9. The van der Waals surface area contributed by atoms with Crippen molar-refractivity contribution in [1.29, 1.82) is 0 Å². The van der Waals surface area contributed by atoms with Crippen LogP contribution in [0.5, 0.6) is 0 Å². The van der Waals surface area contributed by atoms with Gasteiger partial charge in [-0.2, -0.15) is 0 Å². The molecule has 0 amide bonds. The summed E-state index contributed by atoms with van der Waals surface area (Å²) in [6.07, 6.45) is 9.45. The molecular weight excluding hydrogens is 644 g/mol. The molecule has 0 radical (unpaired) electrons. The van der Waals surface area contributed by atoms with Gasteiger partial charge in [-0.25, -0.2) is 0 Å². The second kappa shape index (κ2) is 10.8. The predicted octanol–water partition coefficient (Wildman–Crippen LogP) is 9.23. The largest absolute Gasteiger partial charge is 0.381 e. The summed E-state index contributed by atoms with van der Waals surface area (Å²) < 4.78 is 13.4. The summed E-state index contributed by atoms with van der Waals surface area (Å²) in [6, 6.07) is 13.5. The van der Waals surface area contributed by atoms with Gasteiger partial charge in [0.1, 0.15) is 0 Å². The van der Waals surface area contributed by atoms with Gasteiger partial charge in [0.25, 0.3) is 0 Å². The molecule has 2 fully saturated rings. The molecule has 36 heavy (non-hydrogen) atoms. The van der Waals surface area contributed by atoms with Gasteiger partial charge in [-0.05, 0) is 96.2 Å². The Kier molecular flexibility index (Phi) is 8.06. The Bertz CT molecular complexity index is 1090. The van der Waals surface area contributed by atoms with Crippen molar-refractivity contribution in [1.82, 2.24) is 0 Å². The molecule has 2 spiro atoms. The number of allylic oxidation sites excluding steroid dienone is 4. The van der Waals surface area contributed by atoms with Crippen molar-refractivity contribution in [2.75, 3.05) is 26.4 Å². The van der Waals surface area contributed by atoms with Crippen LogP contribution in [0.15, 0.2) is 57.5 Å². The highest BCUT2D eigenvalue weighted by atomic mass is 79.9. The van der Waals surface area contributed by atoms with Crippen LogP contribution in [0.2, 0.25) is 0 Å². The lowest BCUT2D eigenvalue weighted by Crippen LogP contribution is -2.30. The van der Waals surface area contributed by atoms with Crippen molar-refractivity contribution in [2.45, 2.75) is 62.1 Å². The number of rotatable bonds is 2. The number of halogens is 3. The fourth-order valence-corrected chi connectivity index (χ4v) is 7.49. The van der Waals surface area contributed by atoms with Gasteiger partial charge in [-0.3, -0.25) is 0 Å². The topological polar surface area (TPSA) is 18.5 Å². The number of ether oxygens (including phenoxy) is 2. The van der Waals surface area contributed by atoms with E-state index in [4.69, 9.17) is 9.47 Å². The molecule has 0 N–H and O–H groups in total. The fraction of sp³-hybridized carbons (Fsp3) is 0.484. The molecule has 0 saturated carbocycles. The maximum atomic E-state index is 5.55.